The third-order valence-corrected chi connectivity index (χ3v) is 6.89. The van der Waals surface area contributed by atoms with E-state index in [1.54, 1.807) is 7.11 Å². The highest BCUT2D eigenvalue weighted by Crippen LogP contribution is 2.42. The highest BCUT2D eigenvalue weighted by Gasteiger charge is 2.34. The van der Waals surface area contributed by atoms with Crippen LogP contribution in [0.15, 0.2) is 48.5 Å². The van der Waals surface area contributed by atoms with Crippen molar-refractivity contribution in [3.63, 3.8) is 0 Å². The number of methoxy groups -OCH3 is 1. The van der Waals surface area contributed by atoms with Gasteiger partial charge >= 0.3 is 0 Å². The average Bonchev–Trinajstić information content (AvgIpc) is 3.28. The molecule has 5 heteroatoms. The van der Waals surface area contributed by atoms with Crippen molar-refractivity contribution >= 4 is 17.7 Å². The second kappa shape index (κ2) is 11.3. The molecule has 30 heavy (non-hydrogen) atoms. The van der Waals surface area contributed by atoms with E-state index in [4.69, 9.17) is 9.47 Å². The molecule has 2 aromatic rings. The Morgan fingerprint density at radius 3 is 2.67 bits per heavy atom. The van der Waals surface area contributed by atoms with Crippen LogP contribution in [0.2, 0.25) is 0 Å². The van der Waals surface area contributed by atoms with Gasteiger partial charge in [-0.05, 0) is 36.1 Å². The van der Waals surface area contributed by atoms with E-state index >= 15 is 0 Å². The summed E-state index contributed by atoms with van der Waals surface area (Å²) in [7, 11) is 1.66. The van der Waals surface area contributed by atoms with Gasteiger partial charge in [0, 0.05) is 18.2 Å². The van der Waals surface area contributed by atoms with Gasteiger partial charge in [-0.15, -0.1) is 11.8 Å². The minimum absolute atomic E-state index is 0.0400. The maximum absolute atomic E-state index is 13.2. The van der Waals surface area contributed by atoms with E-state index in [9.17, 15) is 4.79 Å². The van der Waals surface area contributed by atoms with E-state index in [-0.39, 0.29) is 11.3 Å². The maximum atomic E-state index is 13.2. The molecule has 1 heterocycles. The third kappa shape index (κ3) is 5.51. The predicted octanol–water partition coefficient (Wildman–Crippen LogP) is 6.06. The van der Waals surface area contributed by atoms with E-state index in [2.05, 4.69) is 24.8 Å². The van der Waals surface area contributed by atoms with E-state index in [1.165, 1.54) is 0 Å². The molecule has 0 saturated carbocycles. The summed E-state index contributed by atoms with van der Waals surface area (Å²) in [5, 5.41) is 0.0400. The van der Waals surface area contributed by atoms with Crippen molar-refractivity contribution in [1.29, 1.82) is 0 Å². The summed E-state index contributed by atoms with van der Waals surface area (Å²) in [6.07, 6.45) is 4.12. The lowest BCUT2D eigenvalue weighted by Gasteiger charge is -2.28. The predicted molar refractivity (Wildman–Crippen MR) is 124 cm³/mol. The number of ether oxygens (including phenoxy) is 2. The van der Waals surface area contributed by atoms with Gasteiger partial charge in [-0.1, -0.05) is 63.1 Å². The molecule has 0 N–H and O–H groups in total. The Kier molecular flexibility index (Phi) is 8.50. The zero-order valence-electron chi connectivity index (χ0n) is 18.3. The Morgan fingerprint density at radius 2 is 1.97 bits per heavy atom. The number of benzene rings is 2. The third-order valence-electron chi connectivity index (χ3n) is 5.63. The molecule has 4 nitrogen and oxygen atoms in total. The number of thioether (sulfide) groups is 1. The van der Waals surface area contributed by atoms with Crippen molar-refractivity contribution < 1.29 is 14.3 Å². The minimum Gasteiger partial charge on any atom is -0.493 e. The lowest BCUT2D eigenvalue weighted by atomic mass is 9.97. The van der Waals surface area contributed by atoms with E-state index < -0.39 is 0 Å². The number of nitrogens with zero attached hydrogens (tertiary/aromatic N) is 1. The zero-order valence-corrected chi connectivity index (χ0v) is 19.1. The Balaban J connectivity index is 1.77. The average molecular weight is 428 g/mol. The number of hydrogen-bond donors (Lipinski definition) is 0. The van der Waals surface area contributed by atoms with Crippen molar-refractivity contribution in [1.82, 2.24) is 4.90 Å². The van der Waals surface area contributed by atoms with Crippen molar-refractivity contribution in [2.75, 3.05) is 19.4 Å². The van der Waals surface area contributed by atoms with Gasteiger partial charge in [0.2, 0.25) is 5.91 Å². The van der Waals surface area contributed by atoms with Crippen LogP contribution in [-0.4, -0.2) is 30.2 Å². The van der Waals surface area contributed by atoms with Crippen molar-refractivity contribution in [2.45, 2.75) is 51.5 Å². The van der Waals surface area contributed by atoms with Gasteiger partial charge in [-0.3, -0.25) is 4.79 Å². The molecule has 2 aromatic carbocycles. The highest BCUT2D eigenvalue weighted by atomic mass is 32.2. The summed E-state index contributed by atoms with van der Waals surface area (Å²) in [4.78, 5) is 15.3. The molecular formula is C25H33NO3S. The smallest absolute Gasteiger partial charge is 0.226 e. The first-order chi connectivity index (χ1) is 14.7. The van der Waals surface area contributed by atoms with Crippen molar-refractivity contribution in [3.05, 3.63) is 59.7 Å². The van der Waals surface area contributed by atoms with E-state index in [0.717, 1.165) is 54.9 Å². The molecular weight excluding hydrogens is 394 g/mol. The molecule has 1 aliphatic heterocycles. The van der Waals surface area contributed by atoms with Crippen LogP contribution in [0.5, 0.6) is 11.5 Å². The Bertz CT molecular complexity index is 811. The first kappa shape index (κ1) is 22.5. The molecule has 1 saturated heterocycles. The summed E-state index contributed by atoms with van der Waals surface area (Å²) in [6.45, 7) is 5.60. The number of rotatable bonds is 10. The zero-order chi connectivity index (χ0) is 21.3. The fourth-order valence-electron chi connectivity index (χ4n) is 3.85. The fraction of sp³-hybridized carbons (Fsp3) is 0.480. The van der Waals surface area contributed by atoms with Crippen LogP contribution in [0.4, 0.5) is 0 Å². The summed E-state index contributed by atoms with van der Waals surface area (Å²) in [5.74, 6) is 2.82. The van der Waals surface area contributed by atoms with Gasteiger partial charge in [-0.2, -0.15) is 0 Å². The maximum Gasteiger partial charge on any atom is 0.226 e. The van der Waals surface area contributed by atoms with Crippen LogP contribution < -0.4 is 9.47 Å². The van der Waals surface area contributed by atoms with Crippen LogP contribution in [0.25, 0.3) is 0 Å². The van der Waals surface area contributed by atoms with Gasteiger partial charge in [0.1, 0.15) is 12.0 Å². The molecule has 0 bridgehead atoms. The fourth-order valence-corrected chi connectivity index (χ4v) is 5.11. The topological polar surface area (TPSA) is 38.8 Å². The quantitative estimate of drug-likeness (QED) is 0.462. The standard InChI is InChI=1S/C25H33NO3S/c1-4-6-12-20(5-2)24(27)26-15-16-30-25(26)21-13-14-22(28-3)23(17-21)29-18-19-10-8-7-9-11-19/h7-11,13-14,17,20,25H,4-6,12,15-16,18H2,1-3H3/t20-,25+/m1/s1. The second-order valence-corrected chi connectivity index (χ2v) is 8.87. The molecule has 0 aliphatic carbocycles. The minimum atomic E-state index is 0.0400. The molecule has 0 radical (unpaired) electrons. The number of carbonyl (C=O) groups is 1. The lowest BCUT2D eigenvalue weighted by Crippen LogP contribution is -2.35. The summed E-state index contributed by atoms with van der Waals surface area (Å²) in [6, 6.07) is 16.2. The molecule has 3 rings (SSSR count). The number of unbranched alkanes of at least 4 members (excludes halogenated alkanes) is 1. The van der Waals surface area contributed by atoms with Crippen LogP contribution in [0.3, 0.4) is 0 Å². The SMILES string of the molecule is CCCC[C@@H](CC)C(=O)N1CCS[C@H]1c1ccc(OC)c(OCc2ccccc2)c1. The summed E-state index contributed by atoms with van der Waals surface area (Å²) < 4.78 is 11.6. The van der Waals surface area contributed by atoms with Gasteiger partial charge in [-0.25, -0.2) is 0 Å². The summed E-state index contributed by atoms with van der Waals surface area (Å²) >= 11 is 1.83. The normalized spacial score (nSPS) is 17.0. The molecule has 1 fully saturated rings. The van der Waals surface area contributed by atoms with E-state index in [0.29, 0.717) is 18.3 Å². The molecule has 162 valence electrons. The van der Waals surface area contributed by atoms with Gasteiger partial charge in [0.15, 0.2) is 11.5 Å². The van der Waals surface area contributed by atoms with Crippen LogP contribution >= 0.6 is 11.8 Å². The highest BCUT2D eigenvalue weighted by molar-refractivity contribution is 7.99. The van der Waals surface area contributed by atoms with Crippen molar-refractivity contribution in [2.24, 2.45) is 5.92 Å². The number of carbonyl (C=O) groups excluding carboxylic acids is 1. The number of amides is 1. The summed E-state index contributed by atoms with van der Waals surface area (Å²) in [5.41, 5.74) is 2.21. The molecule has 1 amide bonds. The molecule has 1 aliphatic rings. The van der Waals surface area contributed by atoms with Gasteiger partial charge in [0.05, 0.1) is 7.11 Å². The molecule has 0 spiro atoms. The first-order valence-electron chi connectivity index (χ1n) is 10.9. The number of hydrogen-bond acceptors (Lipinski definition) is 4. The van der Waals surface area contributed by atoms with Crippen LogP contribution in [0.1, 0.15) is 56.0 Å². The Labute approximate surface area is 184 Å². The van der Waals surface area contributed by atoms with Crippen molar-refractivity contribution in [3.8, 4) is 11.5 Å². The van der Waals surface area contributed by atoms with E-state index in [1.807, 2.05) is 54.2 Å². The molecule has 2 atom stereocenters. The molecule has 0 aromatic heterocycles. The first-order valence-corrected chi connectivity index (χ1v) is 12.0. The Morgan fingerprint density at radius 1 is 1.17 bits per heavy atom. The molecule has 0 unspecified atom stereocenters. The largest absolute Gasteiger partial charge is 0.493 e. The monoisotopic (exact) mass is 427 g/mol. The van der Waals surface area contributed by atoms with Gasteiger partial charge < -0.3 is 14.4 Å². The van der Waals surface area contributed by atoms with Crippen LogP contribution in [-0.2, 0) is 11.4 Å². The van der Waals surface area contributed by atoms with Gasteiger partial charge in [0.25, 0.3) is 0 Å². The lowest BCUT2D eigenvalue weighted by molar-refractivity contribution is -0.136. The van der Waals surface area contributed by atoms with Crippen LogP contribution in [0, 0.1) is 5.92 Å². The second-order valence-electron chi connectivity index (χ2n) is 7.69. The Hall–Kier alpha value is -2.14.